The fourth-order valence-corrected chi connectivity index (χ4v) is 5.17. The summed E-state index contributed by atoms with van der Waals surface area (Å²) in [4.78, 5) is 12.3. The van der Waals surface area contributed by atoms with Gasteiger partial charge < -0.3 is 9.88 Å². The van der Waals surface area contributed by atoms with Crippen LogP contribution < -0.4 is 5.32 Å². The van der Waals surface area contributed by atoms with E-state index in [-0.39, 0.29) is 23.5 Å². The minimum atomic E-state index is -2.97. The van der Waals surface area contributed by atoms with E-state index in [2.05, 4.69) is 5.32 Å². The predicted octanol–water partition coefficient (Wildman–Crippen LogP) is 1.64. The monoisotopic (exact) mass is 312 g/mol. The molecule has 1 atom stereocenters. The molecule has 0 aliphatic carbocycles. The first kappa shape index (κ1) is 13.6. The van der Waals surface area contributed by atoms with Crippen molar-refractivity contribution in [1.82, 2.24) is 9.88 Å². The molecule has 3 heterocycles. The second-order valence-electron chi connectivity index (χ2n) is 5.02. The van der Waals surface area contributed by atoms with Gasteiger partial charge in [-0.2, -0.15) is 0 Å². The summed E-state index contributed by atoms with van der Waals surface area (Å²) in [6.45, 7) is 2.71. The Morgan fingerprint density at radius 3 is 3.00 bits per heavy atom. The lowest BCUT2D eigenvalue weighted by molar-refractivity contribution is 0.0932. The summed E-state index contributed by atoms with van der Waals surface area (Å²) in [5.74, 6) is 0.0410. The molecule has 1 amide bonds. The Hall–Kier alpha value is -1.34. The third kappa shape index (κ3) is 2.35. The van der Waals surface area contributed by atoms with Gasteiger partial charge in [-0.05, 0) is 30.9 Å². The van der Waals surface area contributed by atoms with Crippen molar-refractivity contribution in [2.24, 2.45) is 0 Å². The quantitative estimate of drug-likeness (QED) is 0.937. The van der Waals surface area contributed by atoms with Gasteiger partial charge in [-0.25, -0.2) is 8.42 Å². The third-order valence-electron chi connectivity index (χ3n) is 3.64. The third-order valence-corrected chi connectivity index (χ3v) is 6.26. The highest BCUT2D eigenvalue weighted by Gasteiger charge is 2.29. The highest BCUT2D eigenvalue weighted by molar-refractivity contribution is 7.91. The molecule has 0 radical (unpaired) electrons. The largest absolute Gasteiger partial charge is 0.347 e. The molecule has 3 rings (SSSR count). The normalized spacial score (nSPS) is 21.4. The summed E-state index contributed by atoms with van der Waals surface area (Å²) in [5.41, 5.74) is 1.67. The molecule has 2 aromatic heterocycles. The van der Waals surface area contributed by atoms with Crippen molar-refractivity contribution in [2.75, 3.05) is 11.5 Å². The molecule has 0 aromatic carbocycles. The van der Waals surface area contributed by atoms with Gasteiger partial charge in [0.15, 0.2) is 9.84 Å². The minimum absolute atomic E-state index is 0.0555. The highest BCUT2D eigenvalue weighted by Crippen LogP contribution is 2.25. The number of aryl methyl sites for hydroxylation is 1. The van der Waals surface area contributed by atoms with Crippen LogP contribution >= 0.6 is 11.3 Å². The molecule has 2 aromatic rings. The number of hydrogen-bond donors (Lipinski definition) is 1. The highest BCUT2D eigenvalue weighted by atomic mass is 32.2. The maximum Gasteiger partial charge on any atom is 0.268 e. The number of carbonyl (C=O) groups is 1. The molecule has 0 saturated carbocycles. The molecule has 1 aliphatic rings. The summed E-state index contributed by atoms with van der Waals surface area (Å²) < 4.78 is 25.9. The van der Waals surface area contributed by atoms with Crippen molar-refractivity contribution in [1.29, 1.82) is 0 Å². The van der Waals surface area contributed by atoms with E-state index in [1.165, 1.54) is 0 Å². The second kappa shape index (κ2) is 4.89. The lowest BCUT2D eigenvalue weighted by atomic mass is 10.2. The number of hydrogen-bond acceptors (Lipinski definition) is 4. The number of thiophene rings is 1. The van der Waals surface area contributed by atoms with Crippen molar-refractivity contribution >= 4 is 37.3 Å². The van der Waals surface area contributed by atoms with E-state index in [1.54, 1.807) is 11.3 Å². The maximum atomic E-state index is 12.3. The number of carbonyl (C=O) groups excluding carboxylic acids is 1. The van der Waals surface area contributed by atoms with Crippen molar-refractivity contribution in [2.45, 2.75) is 25.9 Å². The van der Waals surface area contributed by atoms with Crippen LogP contribution in [0.4, 0.5) is 0 Å². The standard InChI is InChI=1S/C13H16N2O3S2/c1-2-15-10-3-5-19-12(10)7-11(15)13(16)14-9-4-6-20(17,18)8-9/h3,5,7,9H,2,4,6,8H2,1H3,(H,14,16)/t9-/m0/s1. The molecule has 0 spiro atoms. The molecule has 20 heavy (non-hydrogen) atoms. The molecule has 1 saturated heterocycles. The van der Waals surface area contributed by atoms with E-state index in [9.17, 15) is 13.2 Å². The summed E-state index contributed by atoms with van der Waals surface area (Å²) in [6.07, 6.45) is 0.509. The van der Waals surface area contributed by atoms with Gasteiger partial charge in [0.2, 0.25) is 0 Å². The maximum absolute atomic E-state index is 12.3. The zero-order valence-electron chi connectivity index (χ0n) is 11.1. The van der Waals surface area contributed by atoms with Gasteiger partial charge in [-0.1, -0.05) is 0 Å². The average molecular weight is 312 g/mol. The summed E-state index contributed by atoms with van der Waals surface area (Å²) >= 11 is 1.60. The van der Waals surface area contributed by atoms with Crippen LogP contribution in [0.5, 0.6) is 0 Å². The van der Waals surface area contributed by atoms with E-state index >= 15 is 0 Å². The number of aromatic nitrogens is 1. The summed E-state index contributed by atoms with van der Waals surface area (Å²) in [5, 5.41) is 4.84. The number of amides is 1. The van der Waals surface area contributed by atoms with Crippen LogP contribution in [0.2, 0.25) is 0 Å². The Bertz CT molecular complexity index is 758. The number of nitrogens with zero attached hydrogens (tertiary/aromatic N) is 1. The lowest BCUT2D eigenvalue weighted by Crippen LogP contribution is -2.36. The van der Waals surface area contributed by atoms with Gasteiger partial charge in [-0.3, -0.25) is 4.79 Å². The molecular weight excluding hydrogens is 296 g/mol. The predicted molar refractivity (Wildman–Crippen MR) is 80.0 cm³/mol. The van der Waals surface area contributed by atoms with E-state index < -0.39 is 9.84 Å². The van der Waals surface area contributed by atoms with Crippen molar-refractivity contribution in [3.05, 3.63) is 23.2 Å². The van der Waals surface area contributed by atoms with Crippen LogP contribution in [0.3, 0.4) is 0 Å². The molecule has 0 unspecified atom stereocenters. The molecule has 7 heteroatoms. The van der Waals surface area contributed by atoms with E-state index in [0.29, 0.717) is 18.7 Å². The van der Waals surface area contributed by atoms with Crippen molar-refractivity contribution in [3.63, 3.8) is 0 Å². The molecule has 5 nitrogen and oxygen atoms in total. The van der Waals surface area contributed by atoms with Gasteiger partial charge in [-0.15, -0.1) is 11.3 Å². The van der Waals surface area contributed by atoms with Crippen LogP contribution in [0, 0.1) is 0 Å². The zero-order chi connectivity index (χ0) is 14.3. The lowest BCUT2D eigenvalue weighted by Gasteiger charge is -2.12. The first-order chi connectivity index (χ1) is 9.50. The van der Waals surface area contributed by atoms with Crippen LogP contribution in [0.1, 0.15) is 23.8 Å². The van der Waals surface area contributed by atoms with Gasteiger partial charge in [0.1, 0.15) is 5.69 Å². The van der Waals surface area contributed by atoms with Crippen molar-refractivity contribution in [3.8, 4) is 0 Å². The molecule has 1 fully saturated rings. The van der Waals surface area contributed by atoms with E-state index in [0.717, 1.165) is 10.2 Å². The van der Waals surface area contributed by atoms with Gasteiger partial charge in [0.05, 0.1) is 21.7 Å². The van der Waals surface area contributed by atoms with Crippen LogP contribution in [0.25, 0.3) is 10.2 Å². The molecule has 1 N–H and O–H groups in total. The Labute approximate surface area is 121 Å². The van der Waals surface area contributed by atoms with Crippen LogP contribution in [-0.4, -0.2) is 36.4 Å². The van der Waals surface area contributed by atoms with Crippen LogP contribution in [-0.2, 0) is 16.4 Å². The first-order valence-corrected chi connectivity index (χ1v) is 9.28. The fourth-order valence-electron chi connectivity index (χ4n) is 2.67. The molecule has 1 aliphatic heterocycles. The minimum Gasteiger partial charge on any atom is -0.347 e. The Balaban J connectivity index is 1.84. The fraction of sp³-hybridized carbons (Fsp3) is 0.462. The van der Waals surface area contributed by atoms with Crippen LogP contribution in [0.15, 0.2) is 17.5 Å². The summed E-state index contributed by atoms with van der Waals surface area (Å²) in [6, 6.07) is 3.62. The number of rotatable bonds is 3. The smallest absolute Gasteiger partial charge is 0.268 e. The van der Waals surface area contributed by atoms with Gasteiger partial charge in [0, 0.05) is 12.6 Å². The Morgan fingerprint density at radius 1 is 1.55 bits per heavy atom. The van der Waals surface area contributed by atoms with Crippen molar-refractivity contribution < 1.29 is 13.2 Å². The average Bonchev–Trinajstić information content (AvgIpc) is 3.02. The number of fused-ring (bicyclic) bond motifs is 1. The first-order valence-electron chi connectivity index (χ1n) is 6.58. The van der Waals surface area contributed by atoms with Gasteiger partial charge in [0.25, 0.3) is 5.91 Å². The molecule has 108 valence electrons. The molecular formula is C13H16N2O3S2. The SMILES string of the molecule is CCn1c(C(=O)N[C@H]2CCS(=O)(=O)C2)cc2sccc21. The van der Waals surface area contributed by atoms with E-state index in [1.807, 2.05) is 29.0 Å². The number of sulfone groups is 1. The zero-order valence-corrected chi connectivity index (χ0v) is 12.8. The Kier molecular flexibility index (Phi) is 3.33. The number of nitrogens with one attached hydrogen (secondary N) is 1. The Morgan fingerprint density at radius 2 is 2.35 bits per heavy atom. The molecule has 0 bridgehead atoms. The topological polar surface area (TPSA) is 68.2 Å². The van der Waals surface area contributed by atoms with E-state index in [4.69, 9.17) is 0 Å². The summed E-state index contributed by atoms with van der Waals surface area (Å²) in [7, 11) is -2.97. The van der Waals surface area contributed by atoms with Gasteiger partial charge >= 0.3 is 0 Å². The second-order valence-corrected chi connectivity index (χ2v) is 8.19.